The van der Waals surface area contributed by atoms with Crippen molar-refractivity contribution in [2.45, 2.75) is 6.54 Å². The predicted octanol–water partition coefficient (Wildman–Crippen LogP) is 2.57. The molecule has 0 saturated carbocycles. The van der Waals surface area contributed by atoms with Gasteiger partial charge in [0.05, 0.1) is 15.5 Å². The number of non-ortho nitro benzene ring substituents is 1. The Hall–Kier alpha value is -2.47. The third kappa shape index (κ3) is 3.30. The molecule has 6 nitrogen and oxygen atoms in total. The monoisotopic (exact) mass is 291 g/mol. The third-order valence-electron chi connectivity index (χ3n) is 2.61. The van der Waals surface area contributed by atoms with Crippen LogP contribution in [0.5, 0.6) is 0 Å². The van der Waals surface area contributed by atoms with Crippen LogP contribution < -0.4 is 5.32 Å². The molecule has 0 radical (unpaired) electrons. The normalized spacial score (nSPS) is 10.1. The number of carbonyl (C=O) groups excluding carboxylic acids is 1. The lowest BCUT2D eigenvalue weighted by Crippen LogP contribution is -2.23. The van der Waals surface area contributed by atoms with Gasteiger partial charge in [-0.15, -0.1) is 0 Å². The minimum absolute atomic E-state index is 0.00961. The zero-order valence-electron chi connectivity index (χ0n) is 10.2. The lowest BCUT2D eigenvalue weighted by molar-refractivity contribution is -0.384. The van der Waals surface area contributed by atoms with Gasteiger partial charge in [0.2, 0.25) is 0 Å². The number of carbonyl (C=O) groups is 1. The molecule has 1 amide bonds. The number of benzene rings is 1. The van der Waals surface area contributed by atoms with Crippen molar-refractivity contribution in [3.8, 4) is 0 Å². The summed E-state index contributed by atoms with van der Waals surface area (Å²) in [7, 11) is 0. The quantitative estimate of drug-likeness (QED) is 0.693. The molecule has 102 valence electrons. The Kier molecular flexibility index (Phi) is 4.27. The van der Waals surface area contributed by atoms with Crippen LogP contribution in [0.2, 0.25) is 5.02 Å². The van der Waals surface area contributed by atoms with Gasteiger partial charge >= 0.3 is 0 Å². The van der Waals surface area contributed by atoms with E-state index in [2.05, 4.69) is 10.3 Å². The van der Waals surface area contributed by atoms with Gasteiger partial charge in [0, 0.05) is 31.1 Å². The number of amides is 1. The number of hydrogen-bond acceptors (Lipinski definition) is 4. The Bertz CT molecular complexity index is 644. The number of pyridine rings is 1. The van der Waals surface area contributed by atoms with Crippen molar-refractivity contribution in [3.63, 3.8) is 0 Å². The number of aromatic nitrogens is 1. The summed E-state index contributed by atoms with van der Waals surface area (Å²) in [5.41, 5.74) is 1.05. The number of hydrogen-bond donors (Lipinski definition) is 1. The van der Waals surface area contributed by atoms with E-state index < -0.39 is 4.92 Å². The molecule has 1 heterocycles. The van der Waals surface area contributed by atoms with Crippen LogP contribution in [0.1, 0.15) is 15.9 Å². The van der Waals surface area contributed by atoms with E-state index in [0.717, 1.165) is 5.56 Å². The van der Waals surface area contributed by atoms with Crippen molar-refractivity contribution in [2.24, 2.45) is 0 Å². The molecule has 1 aromatic carbocycles. The van der Waals surface area contributed by atoms with Crippen LogP contribution in [0.4, 0.5) is 5.69 Å². The third-order valence-corrected chi connectivity index (χ3v) is 2.94. The van der Waals surface area contributed by atoms with E-state index in [1.165, 1.54) is 30.6 Å². The number of nitro benzene ring substituents is 1. The Morgan fingerprint density at radius 2 is 2.00 bits per heavy atom. The average molecular weight is 292 g/mol. The zero-order chi connectivity index (χ0) is 14.5. The molecule has 1 N–H and O–H groups in total. The minimum atomic E-state index is -0.474. The molecule has 0 fully saturated rings. The summed E-state index contributed by atoms with van der Waals surface area (Å²) in [5, 5.41) is 13.5. The van der Waals surface area contributed by atoms with Gasteiger partial charge in [0.1, 0.15) is 0 Å². The van der Waals surface area contributed by atoms with Crippen LogP contribution in [-0.2, 0) is 6.54 Å². The standard InChI is InChI=1S/C13H10ClN3O3/c14-12-5-6-15-8-11(12)13(18)16-7-9-1-3-10(4-2-9)17(19)20/h1-6,8H,7H2,(H,16,18). The molecule has 2 rings (SSSR count). The summed E-state index contributed by atoms with van der Waals surface area (Å²) in [4.78, 5) is 25.7. The number of nitrogens with one attached hydrogen (secondary N) is 1. The van der Waals surface area contributed by atoms with E-state index in [1.807, 2.05) is 0 Å². The second kappa shape index (κ2) is 6.12. The first kappa shape index (κ1) is 14.0. The number of nitro groups is 1. The Morgan fingerprint density at radius 3 is 2.60 bits per heavy atom. The van der Waals surface area contributed by atoms with Gasteiger partial charge < -0.3 is 5.32 Å². The van der Waals surface area contributed by atoms with Crippen LogP contribution in [0, 0.1) is 10.1 Å². The van der Waals surface area contributed by atoms with Crippen LogP contribution in [0.3, 0.4) is 0 Å². The highest BCUT2D eigenvalue weighted by Crippen LogP contribution is 2.14. The Morgan fingerprint density at radius 1 is 1.30 bits per heavy atom. The average Bonchev–Trinajstić information content (AvgIpc) is 2.45. The van der Waals surface area contributed by atoms with E-state index in [4.69, 9.17) is 11.6 Å². The highest BCUT2D eigenvalue weighted by Gasteiger charge is 2.10. The Balaban J connectivity index is 2.00. The van der Waals surface area contributed by atoms with E-state index in [-0.39, 0.29) is 23.7 Å². The lowest BCUT2D eigenvalue weighted by atomic mass is 10.2. The summed E-state index contributed by atoms with van der Waals surface area (Å²) in [5.74, 6) is -0.346. The molecular weight excluding hydrogens is 282 g/mol. The van der Waals surface area contributed by atoms with Crippen molar-refractivity contribution in [1.82, 2.24) is 10.3 Å². The molecule has 0 spiro atoms. The van der Waals surface area contributed by atoms with Gasteiger partial charge in [-0.05, 0) is 11.6 Å². The number of halogens is 1. The first-order valence-corrected chi connectivity index (χ1v) is 6.07. The van der Waals surface area contributed by atoms with Crippen molar-refractivity contribution >= 4 is 23.2 Å². The first-order valence-electron chi connectivity index (χ1n) is 5.69. The van der Waals surface area contributed by atoms with Crippen molar-refractivity contribution in [3.05, 3.63) is 69.0 Å². The maximum atomic E-state index is 11.9. The maximum absolute atomic E-state index is 11.9. The first-order chi connectivity index (χ1) is 9.58. The molecule has 20 heavy (non-hydrogen) atoms. The highest BCUT2D eigenvalue weighted by atomic mass is 35.5. The van der Waals surface area contributed by atoms with Crippen LogP contribution >= 0.6 is 11.6 Å². The summed E-state index contributed by atoms with van der Waals surface area (Å²) >= 11 is 5.88. The van der Waals surface area contributed by atoms with E-state index in [0.29, 0.717) is 5.02 Å². The fraction of sp³-hybridized carbons (Fsp3) is 0.0769. The van der Waals surface area contributed by atoms with Crippen LogP contribution in [0.15, 0.2) is 42.7 Å². The summed E-state index contributed by atoms with van der Waals surface area (Å²) in [6, 6.07) is 7.48. The zero-order valence-corrected chi connectivity index (χ0v) is 11.0. The van der Waals surface area contributed by atoms with Gasteiger partial charge in [-0.25, -0.2) is 0 Å². The molecule has 0 saturated heterocycles. The second-order valence-corrected chi connectivity index (χ2v) is 4.37. The molecule has 2 aromatic rings. The second-order valence-electron chi connectivity index (χ2n) is 3.96. The molecule has 0 aliphatic rings. The van der Waals surface area contributed by atoms with Gasteiger partial charge in [-0.3, -0.25) is 19.9 Å². The van der Waals surface area contributed by atoms with Crippen molar-refractivity contribution in [1.29, 1.82) is 0 Å². The van der Waals surface area contributed by atoms with Gasteiger partial charge in [0.15, 0.2) is 0 Å². The van der Waals surface area contributed by atoms with E-state index in [9.17, 15) is 14.9 Å². The van der Waals surface area contributed by atoms with Gasteiger partial charge in [-0.1, -0.05) is 23.7 Å². The smallest absolute Gasteiger partial charge is 0.269 e. The molecule has 0 unspecified atom stereocenters. The van der Waals surface area contributed by atoms with Gasteiger partial charge in [-0.2, -0.15) is 0 Å². The van der Waals surface area contributed by atoms with Crippen LogP contribution in [0.25, 0.3) is 0 Å². The molecule has 0 aliphatic carbocycles. The van der Waals surface area contributed by atoms with E-state index in [1.54, 1.807) is 12.1 Å². The van der Waals surface area contributed by atoms with Crippen molar-refractivity contribution < 1.29 is 9.72 Å². The molecule has 0 bridgehead atoms. The maximum Gasteiger partial charge on any atom is 0.269 e. The summed E-state index contributed by atoms with van der Waals surface area (Å²) in [6.45, 7) is 0.252. The number of rotatable bonds is 4. The topological polar surface area (TPSA) is 85.1 Å². The SMILES string of the molecule is O=C(NCc1ccc([N+](=O)[O-])cc1)c1cnccc1Cl. The van der Waals surface area contributed by atoms with Gasteiger partial charge in [0.25, 0.3) is 11.6 Å². The largest absolute Gasteiger partial charge is 0.348 e. The Labute approximate surface area is 119 Å². The fourth-order valence-corrected chi connectivity index (χ4v) is 1.75. The predicted molar refractivity (Wildman–Crippen MR) is 73.5 cm³/mol. The number of nitrogens with zero attached hydrogens (tertiary/aromatic N) is 2. The lowest BCUT2D eigenvalue weighted by Gasteiger charge is -2.06. The van der Waals surface area contributed by atoms with Crippen LogP contribution in [-0.4, -0.2) is 15.8 Å². The molecule has 0 aliphatic heterocycles. The highest BCUT2D eigenvalue weighted by molar-refractivity contribution is 6.33. The molecule has 7 heteroatoms. The van der Waals surface area contributed by atoms with E-state index >= 15 is 0 Å². The van der Waals surface area contributed by atoms with Crippen molar-refractivity contribution in [2.75, 3.05) is 0 Å². The molecular formula is C13H10ClN3O3. The minimum Gasteiger partial charge on any atom is -0.348 e. The summed E-state index contributed by atoms with van der Waals surface area (Å²) < 4.78 is 0. The summed E-state index contributed by atoms with van der Waals surface area (Å²) in [6.07, 6.45) is 2.88. The molecule has 1 aromatic heterocycles. The fourth-order valence-electron chi connectivity index (χ4n) is 1.56. The molecule has 0 atom stereocenters.